The van der Waals surface area contributed by atoms with Crippen LogP contribution in [0.25, 0.3) is 11.0 Å². The second kappa shape index (κ2) is 0.920. The Morgan fingerprint density at radius 3 is 2.17 bits per heavy atom. The monoisotopic (exact) mass is 364 g/mol. The molecule has 2 aromatic rings. The van der Waals surface area contributed by atoms with Crippen LogP contribution in [-0.4, -0.2) is 0 Å². The number of halogens is 1. The van der Waals surface area contributed by atoms with Crippen LogP contribution in [0.5, 0.6) is 0 Å². The van der Waals surface area contributed by atoms with Gasteiger partial charge in [-0.1, -0.05) is 0 Å². The van der Waals surface area contributed by atoms with Gasteiger partial charge in [0.05, 0.1) is 0 Å². The van der Waals surface area contributed by atoms with Gasteiger partial charge in [-0.2, -0.15) is 0 Å². The maximum atomic E-state index is 12.8. The van der Waals surface area contributed by atoms with Crippen molar-refractivity contribution in [1.29, 1.82) is 0 Å². The SMILES string of the molecule is O=c1cc([C]23[CH]4[CH]5[CH]6[CH]2[Fe]56432789[CH]3[CH]2[CH]7[CH]8[CH]39)oc2c(Cl)cccc12. The van der Waals surface area contributed by atoms with Crippen molar-refractivity contribution in [2.45, 2.75) is 47.7 Å². The third-order valence-corrected chi connectivity index (χ3v) is 59.4. The number of hydrogen-bond acceptors (Lipinski definition) is 2. The fourth-order valence-corrected chi connectivity index (χ4v) is 92.3. The van der Waals surface area contributed by atoms with E-state index < -0.39 is 6.51 Å². The van der Waals surface area contributed by atoms with Crippen LogP contribution in [0.1, 0.15) is 5.76 Å². The predicted molar refractivity (Wildman–Crippen MR) is 82.9 cm³/mol. The Morgan fingerprint density at radius 1 is 1.00 bits per heavy atom. The van der Waals surface area contributed by atoms with E-state index in [0.29, 0.717) is 20.3 Å². The number of hydrogen-bond donors (Lipinski definition) is 0. The van der Waals surface area contributed by atoms with E-state index in [-0.39, 0.29) is 5.43 Å². The average Bonchev–Trinajstić information content (AvgIpc) is 3.48. The standard InChI is InChI=1S/C14H8ClO2.C5H5.Fe/c15-11-7-3-6-10-12(16)8-13(17-14(10)11)9-4-1-2-5-9;1-2-4-5-3-1;/h1-8H;1-5H;. The second-order valence-corrected chi connectivity index (χ2v) is 36.2. The summed E-state index contributed by atoms with van der Waals surface area (Å²) in [6.45, 7) is -3.27. The summed E-state index contributed by atoms with van der Waals surface area (Å²) < 4.78 is 6.99. The van der Waals surface area contributed by atoms with E-state index >= 15 is 0 Å². The zero-order chi connectivity index (χ0) is 14.4. The molecule has 0 aliphatic carbocycles. The Balaban J connectivity index is 1.38. The molecule has 12 rings (SSSR count). The zero-order valence-electron chi connectivity index (χ0n) is 12.1. The molecule has 10 fully saturated rings. The van der Waals surface area contributed by atoms with Crippen molar-refractivity contribution in [3.8, 4) is 0 Å². The van der Waals surface area contributed by atoms with Crippen molar-refractivity contribution in [3.05, 3.63) is 45.3 Å². The number of rotatable bonds is 1. The fraction of sp³-hybridized carbons (Fsp3) is 0.526. The van der Waals surface area contributed by atoms with Crippen LogP contribution in [0, 0.1) is 0 Å². The van der Waals surface area contributed by atoms with Crippen molar-refractivity contribution in [2.24, 2.45) is 0 Å². The summed E-state index contributed by atoms with van der Waals surface area (Å²) >= 11 is 6.38. The molecular weight excluding hydrogens is 352 g/mol. The fourth-order valence-electron chi connectivity index (χ4n) is 18.2. The molecule has 23 heavy (non-hydrogen) atoms. The van der Waals surface area contributed by atoms with E-state index in [0.717, 1.165) is 15.4 Å². The van der Waals surface area contributed by atoms with Gasteiger partial charge >= 0.3 is 126 Å². The van der Waals surface area contributed by atoms with Crippen molar-refractivity contribution in [1.82, 2.24) is 0 Å². The summed E-state index contributed by atoms with van der Waals surface area (Å²) in [4.78, 5) is 23.7. The molecule has 10 aliphatic rings. The Labute approximate surface area is 126 Å². The Bertz CT molecular complexity index is 1510. The topological polar surface area (TPSA) is 30.2 Å². The van der Waals surface area contributed by atoms with Crippen LogP contribution in [0.15, 0.2) is 33.5 Å². The third kappa shape index (κ3) is 0.132. The molecule has 4 heteroatoms. The predicted octanol–water partition coefficient (Wildman–Crippen LogP) is 5.24. The van der Waals surface area contributed by atoms with Crippen molar-refractivity contribution in [2.75, 3.05) is 0 Å². The first kappa shape index (κ1) is 9.08. The number of para-hydroxylation sites is 1. The molecule has 4 atom stereocenters. The van der Waals surface area contributed by atoms with E-state index in [1.54, 1.807) is 0 Å². The molecule has 0 radical (unpaired) electrons. The third-order valence-electron chi connectivity index (χ3n) is 16.8. The summed E-state index contributed by atoms with van der Waals surface area (Å²) in [5.74, 6) is 1.13. The van der Waals surface area contributed by atoms with Crippen LogP contribution in [0.2, 0.25) is 48.4 Å². The molecule has 1 aromatic heterocycles. The van der Waals surface area contributed by atoms with Gasteiger partial charge in [0, 0.05) is 0 Å². The zero-order valence-corrected chi connectivity index (χ0v) is 13.9. The molecule has 11 heterocycles. The van der Waals surface area contributed by atoms with Gasteiger partial charge in [-0.15, -0.1) is 0 Å². The van der Waals surface area contributed by atoms with Gasteiger partial charge in [-0.05, 0) is 0 Å². The molecule has 1 spiro atoms. The minimum absolute atomic E-state index is 0.139. The van der Waals surface area contributed by atoms with Crippen molar-refractivity contribution >= 4 is 22.6 Å². The average molecular weight is 365 g/mol. The number of benzene rings is 1. The minimum atomic E-state index is -3.27. The van der Waals surface area contributed by atoms with Gasteiger partial charge in [0.2, 0.25) is 0 Å². The van der Waals surface area contributed by atoms with E-state index in [9.17, 15) is 4.79 Å². The second-order valence-electron chi connectivity index (χ2n) is 12.3. The van der Waals surface area contributed by atoms with E-state index in [4.69, 9.17) is 16.0 Å². The molecule has 10 saturated heterocycles. The summed E-state index contributed by atoms with van der Waals surface area (Å²) in [7, 11) is 0. The molecule has 0 amide bonds. The first-order chi connectivity index (χ1) is 10.9. The van der Waals surface area contributed by atoms with Crippen LogP contribution in [0.3, 0.4) is 0 Å². The molecule has 116 valence electrons. The summed E-state index contributed by atoms with van der Waals surface area (Å²) in [5.41, 5.74) is 0.798. The summed E-state index contributed by atoms with van der Waals surface area (Å²) in [6, 6.07) is 7.48. The Kier molecular flexibility index (Phi) is 0.363. The van der Waals surface area contributed by atoms with Crippen LogP contribution in [0.4, 0.5) is 0 Å². The molecule has 2 nitrogen and oxygen atoms in total. The van der Waals surface area contributed by atoms with E-state index in [1.165, 1.54) is 33.7 Å². The van der Waals surface area contributed by atoms with Crippen LogP contribution < -0.4 is 5.43 Å². The molecule has 0 saturated carbocycles. The Morgan fingerprint density at radius 2 is 1.65 bits per heavy atom. The first-order valence-corrected chi connectivity index (χ1v) is 15.5. The molecule has 1 aromatic carbocycles. The van der Waals surface area contributed by atoms with Gasteiger partial charge < -0.3 is 0 Å². The van der Waals surface area contributed by atoms with Crippen LogP contribution in [-0.2, 0) is 10.8 Å². The van der Waals surface area contributed by atoms with E-state index in [1.807, 2.05) is 24.3 Å². The molecule has 0 N–H and O–H groups in total. The van der Waals surface area contributed by atoms with Crippen LogP contribution >= 0.6 is 11.6 Å². The van der Waals surface area contributed by atoms with Gasteiger partial charge in [-0.25, -0.2) is 0 Å². The molecule has 0 bridgehead atoms. The Hall–Kier alpha value is -0.761. The molecule has 10 aliphatic heterocycles. The van der Waals surface area contributed by atoms with E-state index in [2.05, 4.69) is 0 Å². The summed E-state index contributed by atoms with van der Waals surface area (Å²) in [5, 5.41) is 1.26. The van der Waals surface area contributed by atoms with Crippen molar-refractivity contribution < 1.29 is 10.9 Å². The van der Waals surface area contributed by atoms with Gasteiger partial charge in [0.25, 0.3) is 0 Å². The molecule has 4 unspecified atom stereocenters. The van der Waals surface area contributed by atoms with Gasteiger partial charge in [-0.3, -0.25) is 0 Å². The van der Waals surface area contributed by atoms with Gasteiger partial charge in [0.15, 0.2) is 0 Å². The first-order valence-electron chi connectivity index (χ1n) is 8.88. The van der Waals surface area contributed by atoms with Crippen molar-refractivity contribution in [3.63, 3.8) is 0 Å². The normalized spacial score (nSPS) is 91.3. The number of fused-ring (bicyclic) bond motifs is 11. The quantitative estimate of drug-likeness (QED) is 0.648. The molecular formula is C19H13ClFeO2. The summed E-state index contributed by atoms with van der Waals surface area (Å²) in [6.07, 6.45) is 0. The maximum absolute atomic E-state index is 12.8. The van der Waals surface area contributed by atoms with Gasteiger partial charge in [0.1, 0.15) is 0 Å².